The average molecular weight is 441 g/mol. The quantitative estimate of drug-likeness (QED) is 0.569. The monoisotopic (exact) mass is 440 g/mol. The summed E-state index contributed by atoms with van der Waals surface area (Å²) >= 11 is 0. The lowest BCUT2D eigenvalue weighted by Gasteiger charge is -2.21. The summed E-state index contributed by atoms with van der Waals surface area (Å²) in [5, 5.41) is 2.75. The molecule has 1 N–H and O–H groups in total. The molecule has 0 spiro atoms. The molecule has 0 heterocycles. The Labute approximate surface area is 182 Å². The molecule has 0 aliphatic carbocycles. The van der Waals surface area contributed by atoms with E-state index in [0.29, 0.717) is 17.7 Å². The van der Waals surface area contributed by atoms with E-state index in [9.17, 15) is 17.6 Å². The van der Waals surface area contributed by atoms with Crippen molar-refractivity contribution in [3.63, 3.8) is 0 Å². The first kappa shape index (κ1) is 22.7. The van der Waals surface area contributed by atoms with Crippen molar-refractivity contribution >= 4 is 15.9 Å². The van der Waals surface area contributed by atoms with E-state index in [1.807, 2.05) is 6.92 Å². The Balaban J connectivity index is 1.65. The minimum atomic E-state index is -3.61. The largest absolute Gasteiger partial charge is 0.348 e. The number of halogens is 1. The fourth-order valence-corrected chi connectivity index (χ4v) is 4.56. The summed E-state index contributed by atoms with van der Waals surface area (Å²) in [6.07, 6.45) is 0. The summed E-state index contributed by atoms with van der Waals surface area (Å²) in [6.45, 7) is 4.45. The van der Waals surface area contributed by atoms with Crippen LogP contribution in [0.15, 0.2) is 77.7 Å². The Morgan fingerprint density at radius 1 is 0.968 bits per heavy atom. The molecule has 0 saturated heterocycles. The van der Waals surface area contributed by atoms with Crippen LogP contribution in [0.25, 0.3) is 0 Å². The predicted octanol–water partition coefficient (Wildman–Crippen LogP) is 4.27. The van der Waals surface area contributed by atoms with Crippen LogP contribution in [-0.4, -0.2) is 25.2 Å². The molecule has 0 radical (unpaired) electrons. The first-order chi connectivity index (χ1) is 14.8. The minimum Gasteiger partial charge on any atom is -0.348 e. The normalized spacial score (nSPS) is 11.5. The predicted molar refractivity (Wildman–Crippen MR) is 118 cm³/mol. The first-order valence-electron chi connectivity index (χ1n) is 9.98. The van der Waals surface area contributed by atoms with Gasteiger partial charge in [0.15, 0.2) is 0 Å². The molecule has 3 aromatic carbocycles. The lowest BCUT2D eigenvalue weighted by molar-refractivity contribution is 0.0951. The zero-order valence-electron chi connectivity index (χ0n) is 17.5. The Morgan fingerprint density at radius 3 is 2.26 bits per heavy atom. The van der Waals surface area contributed by atoms with Crippen molar-refractivity contribution in [3.8, 4) is 0 Å². The number of aryl methyl sites for hydroxylation is 1. The number of nitrogens with one attached hydrogen (secondary N) is 1. The molecular formula is C24H25FN2O3S. The van der Waals surface area contributed by atoms with Crippen molar-refractivity contribution in [3.05, 3.63) is 101 Å². The van der Waals surface area contributed by atoms with Crippen LogP contribution in [0.4, 0.5) is 4.39 Å². The molecule has 0 aliphatic heterocycles. The highest BCUT2D eigenvalue weighted by Crippen LogP contribution is 2.19. The van der Waals surface area contributed by atoms with Crippen LogP contribution in [0.3, 0.4) is 0 Å². The maximum Gasteiger partial charge on any atom is 0.251 e. The molecule has 31 heavy (non-hydrogen) atoms. The van der Waals surface area contributed by atoms with Crippen LogP contribution in [0.2, 0.25) is 0 Å². The van der Waals surface area contributed by atoms with Crippen LogP contribution in [0, 0.1) is 12.7 Å². The van der Waals surface area contributed by atoms with E-state index >= 15 is 0 Å². The summed E-state index contributed by atoms with van der Waals surface area (Å²) in [5.41, 5.74) is 2.89. The second-order valence-corrected chi connectivity index (χ2v) is 9.19. The second kappa shape index (κ2) is 9.85. The molecule has 0 aliphatic rings. The van der Waals surface area contributed by atoms with E-state index in [1.54, 1.807) is 67.6 Å². The molecule has 0 aromatic heterocycles. The molecule has 0 saturated carbocycles. The molecule has 0 fully saturated rings. The van der Waals surface area contributed by atoms with Gasteiger partial charge in [0.25, 0.3) is 5.91 Å². The van der Waals surface area contributed by atoms with E-state index in [2.05, 4.69) is 5.32 Å². The number of nitrogens with zero attached hydrogens (tertiary/aromatic N) is 1. The smallest absolute Gasteiger partial charge is 0.251 e. The number of rotatable bonds is 8. The molecule has 1 amide bonds. The van der Waals surface area contributed by atoms with Crippen molar-refractivity contribution in [2.45, 2.75) is 31.8 Å². The number of amides is 1. The van der Waals surface area contributed by atoms with Crippen LogP contribution in [0.1, 0.15) is 34.0 Å². The topological polar surface area (TPSA) is 66.5 Å². The van der Waals surface area contributed by atoms with Crippen molar-refractivity contribution in [2.75, 3.05) is 6.54 Å². The van der Waals surface area contributed by atoms with Crippen LogP contribution >= 0.6 is 0 Å². The number of benzene rings is 3. The van der Waals surface area contributed by atoms with Crippen molar-refractivity contribution in [1.29, 1.82) is 0 Å². The number of carbonyl (C=O) groups is 1. The lowest BCUT2D eigenvalue weighted by atomic mass is 10.1. The third-order valence-corrected chi connectivity index (χ3v) is 6.86. The maximum absolute atomic E-state index is 13.2. The molecule has 0 bridgehead atoms. The fraction of sp³-hybridized carbons (Fsp3) is 0.208. The van der Waals surface area contributed by atoms with Crippen molar-refractivity contribution in [1.82, 2.24) is 9.62 Å². The number of hydrogen-bond acceptors (Lipinski definition) is 3. The zero-order chi connectivity index (χ0) is 22.4. The third-order valence-electron chi connectivity index (χ3n) is 4.93. The zero-order valence-corrected chi connectivity index (χ0v) is 18.3. The summed E-state index contributed by atoms with van der Waals surface area (Å²) in [4.78, 5) is 12.6. The van der Waals surface area contributed by atoms with Gasteiger partial charge in [-0.05, 0) is 54.4 Å². The van der Waals surface area contributed by atoms with Gasteiger partial charge in [0.05, 0.1) is 4.90 Å². The number of sulfonamides is 1. The van der Waals surface area contributed by atoms with Crippen LogP contribution < -0.4 is 5.32 Å². The summed E-state index contributed by atoms with van der Waals surface area (Å²) in [5.74, 6) is -0.632. The van der Waals surface area contributed by atoms with Gasteiger partial charge in [-0.25, -0.2) is 12.8 Å². The molecule has 0 atom stereocenters. The Morgan fingerprint density at radius 2 is 1.65 bits per heavy atom. The van der Waals surface area contributed by atoms with E-state index in [0.717, 1.165) is 11.1 Å². The lowest BCUT2D eigenvalue weighted by Crippen LogP contribution is -2.30. The third kappa shape index (κ3) is 5.77. The van der Waals surface area contributed by atoms with Crippen molar-refractivity contribution in [2.24, 2.45) is 0 Å². The molecule has 5 nitrogen and oxygen atoms in total. The number of carbonyl (C=O) groups excluding carboxylic acids is 1. The van der Waals surface area contributed by atoms with E-state index < -0.39 is 10.0 Å². The molecular weight excluding hydrogens is 415 g/mol. The highest BCUT2D eigenvalue weighted by atomic mass is 32.2. The summed E-state index contributed by atoms with van der Waals surface area (Å²) in [6, 6.07) is 19.6. The van der Waals surface area contributed by atoms with E-state index in [-0.39, 0.29) is 29.7 Å². The fourth-order valence-electron chi connectivity index (χ4n) is 3.12. The molecule has 7 heteroatoms. The molecule has 3 aromatic rings. The van der Waals surface area contributed by atoms with Gasteiger partial charge in [-0.2, -0.15) is 4.31 Å². The highest BCUT2D eigenvalue weighted by Gasteiger charge is 2.23. The van der Waals surface area contributed by atoms with Gasteiger partial charge < -0.3 is 5.32 Å². The Bertz CT molecular complexity index is 1140. The van der Waals surface area contributed by atoms with Gasteiger partial charge in [0.1, 0.15) is 5.82 Å². The van der Waals surface area contributed by atoms with E-state index in [4.69, 9.17) is 0 Å². The minimum absolute atomic E-state index is 0.206. The second-order valence-electron chi connectivity index (χ2n) is 7.25. The molecule has 162 valence electrons. The molecule has 0 unspecified atom stereocenters. The van der Waals surface area contributed by atoms with Gasteiger partial charge in [-0.3, -0.25) is 4.79 Å². The van der Waals surface area contributed by atoms with E-state index in [1.165, 1.54) is 16.4 Å². The van der Waals surface area contributed by atoms with Gasteiger partial charge >= 0.3 is 0 Å². The average Bonchev–Trinajstić information content (AvgIpc) is 2.76. The van der Waals surface area contributed by atoms with Crippen molar-refractivity contribution < 1.29 is 17.6 Å². The SMILES string of the molecule is CCN(Cc1ccc(C(=O)NCc2cccc(F)c2)cc1)S(=O)(=O)c1ccc(C)cc1. The van der Waals surface area contributed by atoms with Crippen LogP contribution in [-0.2, 0) is 23.1 Å². The van der Waals surface area contributed by atoms with Gasteiger partial charge in [0.2, 0.25) is 10.0 Å². The Kier molecular flexibility index (Phi) is 7.20. The summed E-state index contributed by atoms with van der Waals surface area (Å²) in [7, 11) is -3.61. The highest BCUT2D eigenvalue weighted by molar-refractivity contribution is 7.89. The standard InChI is InChI=1S/C24H25FN2O3S/c1-3-27(31(29,30)23-13-7-18(2)8-14-23)17-19-9-11-21(12-10-19)24(28)26-16-20-5-4-6-22(25)15-20/h4-15H,3,16-17H2,1-2H3,(H,26,28). The Hall–Kier alpha value is -3.03. The first-order valence-corrected chi connectivity index (χ1v) is 11.4. The summed E-state index contributed by atoms with van der Waals surface area (Å²) < 4.78 is 40.5. The number of hydrogen-bond donors (Lipinski definition) is 1. The molecule has 3 rings (SSSR count). The van der Waals surface area contributed by atoms with Crippen LogP contribution in [0.5, 0.6) is 0 Å². The maximum atomic E-state index is 13.2. The van der Waals surface area contributed by atoms with Gasteiger partial charge in [-0.1, -0.05) is 48.9 Å². The van der Waals surface area contributed by atoms with Gasteiger partial charge in [-0.15, -0.1) is 0 Å². The van der Waals surface area contributed by atoms with Gasteiger partial charge in [0, 0.05) is 25.2 Å².